The number of pyridine rings is 1. The van der Waals surface area contributed by atoms with E-state index in [1.54, 1.807) is 12.4 Å². The number of carbonyl (C=O) groups excluding carboxylic acids is 1. The van der Waals surface area contributed by atoms with Gasteiger partial charge in [-0.05, 0) is 30.9 Å². The van der Waals surface area contributed by atoms with Gasteiger partial charge in [-0.15, -0.1) is 0 Å². The first-order chi connectivity index (χ1) is 12.1. The molecule has 0 saturated carbocycles. The van der Waals surface area contributed by atoms with Gasteiger partial charge in [0.1, 0.15) is 4.88 Å². The molecule has 0 aliphatic heterocycles. The molecule has 0 bridgehead atoms. The van der Waals surface area contributed by atoms with Gasteiger partial charge in [0, 0.05) is 25.1 Å². The first-order valence-electron chi connectivity index (χ1n) is 7.85. The number of rotatable bonds is 8. The average molecular weight is 357 g/mol. The maximum absolute atomic E-state index is 11.1. The normalized spacial score (nSPS) is 10.7. The van der Waals surface area contributed by atoms with E-state index in [0.717, 1.165) is 31.4 Å². The van der Waals surface area contributed by atoms with Crippen molar-refractivity contribution in [3.63, 3.8) is 0 Å². The van der Waals surface area contributed by atoms with Crippen LogP contribution in [0.25, 0.3) is 0 Å². The quantitative estimate of drug-likeness (QED) is 0.531. The lowest BCUT2D eigenvalue weighted by atomic mass is 10.1. The Kier molecular flexibility index (Phi) is 5.24. The number of nitrogens with one attached hydrogen (secondary N) is 1. The number of hydrogen-bond donors (Lipinski definition) is 3. The van der Waals surface area contributed by atoms with E-state index < -0.39 is 5.91 Å². The summed E-state index contributed by atoms with van der Waals surface area (Å²) in [4.78, 5) is 23.9. The molecule has 0 atom stereocenters. The van der Waals surface area contributed by atoms with Gasteiger partial charge in [-0.3, -0.25) is 4.79 Å². The lowest BCUT2D eigenvalue weighted by Crippen LogP contribution is -2.08. The van der Waals surface area contributed by atoms with Crippen molar-refractivity contribution < 1.29 is 4.79 Å². The molecule has 0 aromatic carbocycles. The molecule has 0 aliphatic carbocycles. The maximum atomic E-state index is 11.1. The standard InChI is InChI=1S/C16H19N7OS/c17-13-11(3-1-2-7-23-8-6-19-10-23)4-5-20-15(13)22-16-21-9-12(25-16)14(18)24/h4-6,8-10H,1-3,7,17H2,(H2,18,24)(H,20,21,22). The van der Waals surface area contributed by atoms with Crippen molar-refractivity contribution in [2.24, 2.45) is 5.73 Å². The molecule has 0 radical (unpaired) electrons. The lowest BCUT2D eigenvalue weighted by Gasteiger charge is -2.10. The number of carbonyl (C=O) groups is 1. The third kappa shape index (κ3) is 4.32. The minimum absolute atomic E-state index is 0.386. The van der Waals surface area contributed by atoms with Crippen LogP contribution in [0.4, 0.5) is 16.6 Å². The van der Waals surface area contributed by atoms with Crippen molar-refractivity contribution >= 4 is 33.9 Å². The number of unbranched alkanes of at least 4 members (excludes halogenated alkanes) is 1. The molecule has 5 N–H and O–H groups in total. The Balaban J connectivity index is 1.59. The molecule has 0 saturated heterocycles. The number of nitrogens with zero attached hydrogens (tertiary/aromatic N) is 4. The van der Waals surface area contributed by atoms with E-state index in [4.69, 9.17) is 11.5 Å². The summed E-state index contributed by atoms with van der Waals surface area (Å²) < 4.78 is 2.06. The average Bonchev–Trinajstić information content (AvgIpc) is 3.26. The van der Waals surface area contributed by atoms with Crippen LogP contribution in [0.15, 0.2) is 37.2 Å². The molecule has 3 rings (SSSR count). The second-order valence-electron chi connectivity index (χ2n) is 5.51. The van der Waals surface area contributed by atoms with Gasteiger partial charge >= 0.3 is 0 Å². The van der Waals surface area contributed by atoms with Gasteiger partial charge in [0.05, 0.1) is 18.2 Å². The van der Waals surface area contributed by atoms with Crippen molar-refractivity contribution in [2.45, 2.75) is 25.8 Å². The van der Waals surface area contributed by atoms with Crippen molar-refractivity contribution in [3.05, 3.63) is 47.6 Å². The van der Waals surface area contributed by atoms with Crippen LogP contribution in [-0.2, 0) is 13.0 Å². The monoisotopic (exact) mass is 357 g/mol. The highest BCUT2D eigenvalue weighted by atomic mass is 32.1. The summed E-state index contributed by atoms with van der Waals surface area (Å²) in [5.74, 6) is 0.0376. The first kappa shape index (κ1) is 16.9. The summed E-state index contributed by atoms with van der Waals surface area (Å²) in [6.45, 7) is 0.936. The molecule has 3 heterocycles. The second kappa shape index (κ2) is 7.75. The fourth-order valence-corrected chi connectivity index (χ4v) is 3.07. The highest BCUT2D eigenvalue weighted by Gasteiger charge is 2.11. The zero-order valence-corrected chi connectivity index (χ0v) is 14.4. The number of primary amides is 1. The van der Waals surface area contributed by atoms with Gasteiger partial charge in [-0.25, -0.2) is 15.0 Å². The van der Waals surface area contributed by atoms with Crippen LogP contribution in [0.2, 0.25) is 0 Å². The topological polar surface area (TPSA) is 125 Å². The summed E-state index contributed by atoms with van der Waals surface area (Å²) in [5, 5.41) is 3.58. The first-order valence-corrected chi connectivity index (χ1v) is 8.67. The SMILES string of the molecule is NC(=O)c1cnc(Nc2nccc(CCCCn3ccnc3)c2N)s1. The minimum Gasteiger partial charge on any atom is -0.396 e. The molecule has 0 fully saturated rings. The smallest absolute Gasteiger partial charge is 0.260 e. The van der Waals surface area contributed by atoms with Crippen LogP contribution >= 0.6 is 11.3 Å². The molecule has 3 aromatic rings. The largest absolute Gasteiger partial charge is 0.396 e. The Bertz CT molecular complexity index is 844. The van der Waals surface area contributed by atoms with Crippen LogP contribution in [0.5, 0.6) is 0 Å². The number of anilines is 3. The van der Waals surface area contributed by atoms with Gasteiger partial charge in [-0.2, -0.15) is 0 Å². The van der Waals surface area contributed by atoms with Crippen LogP contribution < -0.4 is 16.8 Å². The van der Waals surface area contributed by atoms with Crippen molar-refractivity contribution in [3.8, 4) is 0 Å². The van der Waals surface area contributed by atoms with E-state index in [1.807, 2.05) is 18.6 Å². The molecule has 8 nitrogen and oxygen atoms in total. The number of nitrogens with two attached hydrogens (primary N) is 2. The van der Waals surface area contributed by atoms with Gasteiger partial charge in [0.15, 0.2) is 10.9 Å². The summed E-state index contributed by atoms with van der Waals surface area (Å²) in [6.07, 6.45) is 11.6. The number of aromatic nitrogens is 4. The van der Waals surface area contributed by atoms with E-state index in [0.29, 0.717) is 21.5 Å². The van der Waals surface area contributed by atoms with E-state index in [-0.39, 0.29) is 0 Å². The molecule has 0 spiro atoms. The number of hydrogen-bond acceptors (Lipinski definition) is 7. The van der Waals surface area contributed by atoms with E-state index in [9.17, 15) is 4.79 Å². The van der Waals surface area contributed by atoms with Gasteiger partial charge < -0.3 is 21.4 Å². The van der Waals surface area contributed by atoms with Crippen LogP contribution in [-0.4, -0.2) is 25.4 Å². The molecule has 0 aliphatic rings. The number of thiazole rings is 1. The van der Waals surface area contributed by atoms with Crippen molar-refractivity contribution in [1.82, 2.24) is 19.5 Å². The Morgan fingerprint density at radius 2 is 2.16 bits per heavy atom. The third-order valence-electron chi connectivity index (χ3n) is 3.73. The predicted molar refractivity (Wildman–Crippen MR) is 97.7 cm³/mol. The summed E-state index contributed by atoms with van der Waals surface area (Å²) in [7, 11) is 0. The molecule has 25 heavy (non-hydrogen) atoms. The lowest BCUT2D eigenvalue weighted by molar-refractivity contribution is 0.100. The van der Waals surface area contributed by atoms with Crippen LogP contribution in [0.3, 0.4) is 0 Å². The zero-order valence-electron chi connectivity index (χ0n) is 13.6. The maximum Gasteiger partial charge on any atom is 0.260 e. The zero-order chi connectivity index (χ0) is 17.6. The molecule has 3 aromatic heterocycles. The van der Waals surface area contributed by atoms with E-state index in [2.05, 4.69) is 24.8 Å². The van der Waals surface area contributed by atoms with Crippen molar-refractivity contribution in [2.75, 3.05) is 11.1 Å². The number of amides is 1. The summed E-state index contributed by atoms with van der Waals surface area (Å²) in [6, 6.07) is 1.93. The second-order valence-corrected chi connectivity index (χ2v) is 6.54. The highest BCUT2D eigenvalue weighted by molar-refractivity contribution is 7.17. The number of nitrogen functional groups attached to an aromatic ring is 1. The van der Waals surface area contributed by atoms with Gasteiger partial charge in [0.25, 0.3) is 5.91 Å². The van der Waals surface area contributed by atoms with Gasteiger partial charge in [-0.1, -0.05) is 11.3 Å². The Labute approximate surface area is 148 Å². The predicted octanol–water partition coefficient (Wildman–Crippen LogP) is 2.18. The van der Waals surface area contributed by atoms with Crippen LogP contribution in [0, 0.1) is 0 Å². The fourth-order valence-electron chi connectivity index (χ4n) is 2.41. The molecule has 9 heteroatoms. The molecule has 0 unspecified atom stereocenters. The molecule has 1 amide bonds. The Morgan fingerprint density at radius 3 is 2.88 bits per heavy atom. The fraction of sp³-hybridized carbons (Fsp3) is 0.250. The molecular formula is C16H19N7OS. The Morgan fingerprint density at radius 1 is 1.28 bits per heavy atom. The van der Waals surface area contributed by atoms with E-state index >= 15 is 0 Å². The van der Waals surface area contributed by atoms with Crippen LogP contribution in [0.1, 0.15) is 28.1 Å². The number of imidazole rings is 1. The Hall–Kier alpha value is -2.94. The highest BCUT2D eigenvalue weighted by Crippen LogP contribution is 2.27. The molecule has 130 valence electrons. The third-order valence-corrected chi connectivity index (χ3v) is 4.65. The summed E-state index contributed by atoms with van der Waals surface area (Å²) >= 11 is 1.17. The number of aryl methyl sites for hydroxylation is 2. The summed E-state index contributed by atoms with van der Waals surface area (Å²) in [5.41, 5.74) is 13.1. The van der Waals surface area contributed by atoms with E-state index in [1.165, 1.54) is 17.5 Å². The van der Waals surface area contributed by atoms with Crippen molar-refractivity contribution in [1.29, 1.82) is 0 Å². The van der Waals surface area contributed by atoms with Gasteiger partial charge in [0.2, 0.25) is 0 Å². The molecular weight excluding hydrogens is 338 g/mol. The minimum atomic E-state index is -0.502.